The van der Waals surface area contributed by atoms with Gasteiger partial charge in [-0.25, -0.2) is 18.2 Å². The number of piperidine rings is 1. The lowest BCUT2D eigenvalue weighted by atomic mass is 9.95. The van der Waals surface area contributed by atoms with E-state index < -0.39 is 29.4 Å². The Labute approximate surface area is 252 Å². The summed E-state index contributed by atoms with van der Waals surface area (Å²) in [5, 5.41) is 22.1. The lowest BCUT2D eigenvalue weighted by Gasteiger charge is -2.33. The Morgan fingerprint density at radius 3 is 2.77 bits per heavy atom. The van der Waals surface area contributed by atoms with Crippen molar-refractivity contribution >= 4 is 27.5 Å². The highest BCUT2D eigenvalue weighted by Crippen LogP contribution is 2.42. The van der Waals surface area contributed by atoms with Gasteiger partial charge in [0.05, 0.1) is 17.0 Å². The molecule has 3 aliphatic rings. The highest BCUT2D eigenvalue weighted by molar-refractivity contribution is 6.01. The van der Waals surface area contributed by atoms with Gasteiger partial charge in [-0.1, -0.05) is 12.0 Å². The van der Waals surface area contributed by atoms with Crippen molar-refractivity contribution in [2.75, 3.05) is 37.7 Å². The number of nitrogens with zero attached hydrogens (tertiary/aromatic N) is 5. The zero-order chi connectivity index (χ0) is 30.6. The highest BCUT2D eigenvalue weighted by atomic mass is 19.1. The van der Waals surface area contributed by atoms with Gasteiger partial charge in [0.1, 0.15) is 47.1 Å². The molecule has 3 atom stereocenters. The standard InChI is InChI=1S/C33H32F3N5O3/c1-2-5-26-27-30(28(36)29(37-26)25-14-23(43)12-19-7-8-20(34)13-24(19)25)38-32(39-31(27)40-10-3-6-22(42)17-40)44-18-33-9-4-11-41(33)16-21(35)15-33/h7-8,12-14,21-22,42-43H,3-4,6,9-11,15-18H2,1H3/t21-,22-,33+/m1/s1. The third kappa shape index (κ3) is 4.96. The van der Waals surface area contributed by atoms with Crippen LogP contribution in [-0.4, -0.2) is 80.7 Å². The maximum absolute atomic E-state index is 16.8. The number of rotatable bonds is 5. The van der Waals surface area contributed by atoms with E-state index in [0.29, 0.717) is 48.9 Å². The van der Waals surface area contributed by atoms with Crippen LogP contribution < -0.4 is 9.64 Å². The molecule has 0 bridgehead atoms. The van der Waals surface area contributed by atoms with E-state index in [0.717, 1.165) is 19.4 Å². The molecule has 0 saturated carbocycles. The maximum atomic E-state index is 16.8. The van der Waals surface area contributed by atoms with Crippen LogP contribution in [0.5, 0.6) is 11.8 Å². The van der Waals surface area contributed by atoms with Crippen molar-refractivity contribution in [3.05, 3.63) is 47.7 Å². The number of ether oxygens (including phenoxy) is 1. The number of benzene rings is 2. The summed E-state index contributed by atoms with van der Waals surface area (Å²) in [6, 6.07) is 6.76. The summed E-state index contributed by atoms with van der Waals surface area (Å²) in [7, 11) is 0. The Kier molecular flexibility index (Phi) is 7.22. The average Bonchev–Trinajstić information content (AvgIpc) is 3.53. The Morgan fingerprint density at radius 1 is 1.09 bits per heavy atom. The van der Waals surface area contributed by atoms with Crippen molar-refractivity contribution in [3.63, 3.8) is 0 Å². The number of phenols is 1. The molecule has 2 N–H and O–H groups in total. The molecule has 44 heavy (non-hydrogen) atoms. The third-order valence-corrected chi connectivity index (χ3v) is 9.07. The summed E-state index contributed by atoms with van der Waals surface area (Å²) in [5.74, 6) is 4.66. The number of halogens is 3. The average molecular weight is 604 g/mol. The first kappa shape index (κ1) is 28.6. The number of aliphatic hydroxyl groups is 1. The highest BCUT2D eigenvalue weighted by Gasteiger charge is 2.49. The van der Waals surface area contributed by atoms with Crippen LogP contribution in [0, 0.1) is 23.5 Å². The number of phenolic OH excluding ortho intramolecular Hbond substituents is 1. The molecule has 3 fully saturated rings. The van der Waals surface area contributed by atoms with Gasteiger partial charge in [-0.05, 0) is 80.1 Å². The van der Waals surface area contributed by atoms with Crippen molar-refractivity contribution in [2.24, 2.45) is 0 Å². The van der Waals surface area contributed by atoms with Crippen LogP contribution in [-0.2, 0) is 0 Å². The summed E-state index contributed by atoms with van der Waals surface area (Å²) in [4.78, 5) is 17.8. The summed E-state index contributed by atoms with van der Waals surface area (Å²) >= 11 is 0. The minimum absolute atomic E-state index is 0.0747. The molecule has 3 aliphatic heterocycles. The monoisotopic (exact) mass is 603 g/mol. The van der Waals surface area contributed by atoms with E-state index in [1.807, 2.05) is 4.90 Å². The fraction of sp³-hybridized carbons (Fsp3) is 0.424. The Balaban J connectivity index is 1.43. The zero-order valence-corrected chi connectivity index (χ0v) is 24.3. The van der Waals surface area contributed by atoms with E-state index >= 15 is 4.39 Å². The van der Waals surface area contributed by atoms with Crippen LogP contribution in [0.3, 0.4) is 0 Å². The molecule has 2 aromatic heterocycles. The molecular weight excluding hydrogens is 571 g/mol. The molecule has 11 heteroatoms. The van der Waals surface area contributed by atoms with Crippen LogP contribution in [0.25, 0.3) is 32.9 Å². The molecule has 2 aromatic carbocycles. The van der Waals surface area contributed by atoms with E-state index in [2.05, 4.69) is 26.7 Å². The van der Waals surface area contributed by atoms with E-state index in [9.17, 15) is 19.0 Å². The van der Waals surface area contributed by atoms with E-state index in [1.165, 1.54) is 30.3 Å². The minimum Gasteiger partial charge on any atom is -0.508 e. The number of aromatic hydroxyl groups is 1. The van der Waals surface area contributed by atoms with Gasteiger partial charge in [-0.3, -0.25) is 4.90 Å². The van der Waals surface area contributed by atoms with Gasteiger partial charge in [-0.2, -0.15) is 9.97 Å². The molecule has 7 rings (SSSR count). The van der Waals surface area contributed by atoms with Crippen LogP contribution >= 0.6 is 0 Å². The number of hydrogen-bond acceptors (Lipinski definition) is 8. The van der Waals surface area contributed by atoms with Crippen LogP contribution in [0.1, 0.15) is 44.7 Å². The largest absolute Gasteiger partial charge is 0.508 e. The normalized spacial score (nSPS) is 23.6. The van der Waals surface area contributed by atoms with Crippen molar-refractivity contribution in [1.82, 2.24) is 19.9 Å². The smallest absolute Gasteiger partial charge is 0.319 e. The lowest BCUT2D eigenvalue weighted by Crippen LogP contribution is -2.43. The molecule has 0 amide bonds. The fourth-order valence-corrected chi connectivity index (χ4v) is 7.12. The van der Waals surface area contributed by atoms with Gasteiger partial charge in [0.25, 0.3) is 0 Å². The van der Waals surface area contributed by atoms with Gasteiger partial charge in [-0.15, -0.1) is 0 Å². The third-order valence-electron chi connectivity index (χ3n) is 9.07. The van der Waals surface area contributed by atoms with Crippen molar-refractivity contribution in [2.45, 2.75) is 56.8 Å². The van der Waals surface area contributed by atoms with Crippen LogP contribution in [0.4, 0.5) is 19.0 Å². The van der Waals surface area contributed by atoms with Gasteiger partial charge < -0.3 is 19.8 Å². The number of aliphatic hydroxyl groups excluding tert-OH is 1. The van der Waals surface area contributed by atoms with Crippen molar-refractivity contribution < 1.29 is 28.1 Å². The molecule has 0 spiro atoms. The first-order chi connectivity index (χ1) is 21.2. The first-order valence-corrected chi connectivity index (χ1v) is 15.0. The maximum Gasteiger partial charge on any atom is 0.319 e. The second-order valence-electron chi connectivity index (χ2n) is 12.0. The van der Waals surface area contributed by atoms with Gasteiger partial charge in [0, 0.05) is 31.6 Å². The molecule has 5 heterocycles. The second-order valence-corrected chi connectivity index (χ2v) is 12.0. The number of hydrogen-bond donors (Lipinski definition) is 2. The first-order valence-electron chi connectivity index (χ1n) is 15.0. The van der Waals surface area contributed by atoms with Gasteiger partial charge >= 0.3 is 6.01 Å². The fourth-order valence-electron chi connectivity index (χ4n) is 7.12. The Morgan fingerprint density at radius 2 is 1.95 bits per heavy atom. The molecule has 4 aromatic rings. The molecule has 8 nitrogen and oxygen atoms in total. The van der Waals surface area contributed by atoms with E-state index in [4.69, 9.17) is 9.72 Å². The van der Waals surface area contributed by atoms with Crippen molar-refractivity contribution in [3.8, 4) is 34.9 Å². The van der Waals surface area contributed by atoms with Gasteiger partial charge in [0.15, 0.2) is 5.82 Å². The Bertz CT molecular complexity index is 1840. The van der Waals surface area contributed by atoms with Crippen LogP contribution in [0.2, 0.25) is 0 Å². The molecule has 228 valence electrons. The second kappa shape index (κ2) is 11.1. The van der Waals surface area contributed by atoms with Crippen LogP contribution in [0.15, 0.2) is 30.3 Å². The van der Waals surface area contributed by atoms with E-state index in [1.54, 1.807) is 6.92 Å². The molecular formula is C33H32F3N5O3. The number of pyridine rings is 1. The van der Waals surface area contributed by atoms with Crippen molar-refractivity contribution in [1.29, 1.82) is 0 Å². The molecule has 3 saturated heterocycles. The summed E-state index contributed by atoms with van der Waals surface area (Å²) < 4.78 is 51.8. The number of alkyl halides is 1. The number of fused-ring (bicyclic) bond motifs is 3. The number of aromatic nitrogens is 3. The summed E-state index contributed by atoms with van der Waals surface area (Å²) in [6.07, 6.45) is 1.86. The van der Waals surface area contributed by atoms with E-state index in [-0.39, 0.29) is 52.8 Å². The SMILES string of the molecule is CC#Cc1nc(-c2cc(O)cc3ccc(F)cc23)c(F)c2nc(OC[C@@]34CCCN3C[C@H](F)C4)nc(N3CCC[C@@H](O)C3)c12. The molecule has 0 unspecified atom stereocenters. The topological polar surface area (TPSA) is 94.8 Å². The summed E-state index contributed by atoms with van der Waals surface area (Å²) in [6.45, 7) is 3.76. The summed E-state index contributed by atoms with van der Waals surface area (Å²) in [5.41, 5.74) is -0.353. The number of β-amino-alcohol motifs (C(OH)–C–C–N with tert-alkyl or cyclic N) is 1. The molecule has 0 radical (unpaired) electrons. The predicted molar refractivity (Wildman–Crippen MR) is 160 cm³/mol. The Hall–Kier alpha value is -4.14. The number of anilines is 1. The zero-order valence-electron chi connectivity index (χ0n) is 24.3. The molecule has 0 aliphatic carbocycles. The minimum atomic E-state index is -0.940. The lowest BCUT2D eigenvalue weighted by molar-refractivity contribution is 0.107. The predicted octanol–water partition coefficient (Wildman–Crippen LogP) is 5.12. The van der Waals surface area contributed by atoms with Gasteiger partial charge in [0.2, 0.25) is 0 Å². The quantitative estimate of drug-likeness (QED) is 0.304.